The highest BCUT2D eigenvalue weighted by Crippen LogP contribution is 1.96. The Morgan fingerprint density at radius 1 is 1.21 bits per heavy atom. The van der Waals surface area contributed by atoms with Crippen LogP contribution in [0.5, 0.6) is 0 Å². The fraction of sp³-hybridized carbons (Fsp3) is 0.417. The summed E-state index contributed by atoms with van der Waals surface area (Å²) in [7, 11) is 0. The molecule has 1 amide bonds. The highest BCUT2D eigenvalue weighted by molar-refractivity contribution is 5.70. The van der Waals surface area contributed by atoms with E-state index in [1.165, 1.54) is 12.5 Å². The molecule has 1 aromatic rings. The lowest BCUT2D eigenvalue weighted by atomic mass is 10.2. The predicted molar refractivity (Wildman–Crippen MR) is 62.0 cm³/mol. The van der Waals surface area contributed by atoms with Gasteiger partial charge in [-0.2, -0.15) is 0 Å². The van der Waals surface area contributed by atoms with Gasteiger partial charge in [-0.15, -0.1) is 0 Å². The van der Waals surface area contributed by atoms with Crippen molar-refractivity contribution in [2.75, 3.05) is 0 Å². The predicted octanol–water partition coefficient (Wildman–Crippen LogP) is 2.77. The number of aryl methyl sites for hydroxylation is 1. The van der Waals surface area contributed by atoms with E-state index in [1.54, 1.807) is 0 Å². The first kappa shape index (κ1) is 15.2. The van der Waals surface area contributed by atoms with E-state index in [0.717, 1.165) is 6.42 Å². The highest BCUT2D eigenvalue weighted by Gasteiger charge is 1.79. The summed E-state index contributed by atoms with van der Waals surface area (Å²) in [6.07, 6.45) is 1.14. The van der Waals surface area contributed by atoms with Crippen molar-refractivity contribution in [2.24, 2.45) is 5.73 Å². The van der Waals surface area contributed by atoms with Gasteiger partial charge in [0.05, 0.1) is 0 Å². The number of hydrogen-bond acceptors (Lipinski definition) is 1. The molecule has 2 N–H and O–H groups in total. The van der Waals surface area contributed by atoms with Crippen molar-refractivity contribution in [2.45, 2.75) is 34.1 Å². The Morgan fingerprint density at radius 3 is 1.79 bits per heavy atom. The standard InChI is InChI=1S/C8H10.C2H5NO.C2H6/c1-2-8-6-4-3-5-7-8;1-2(3)4;1-2/h3-7H,2H2,1H3;1H3,(H2,3,4);1-2H3. The van der Waals surface area contributed by atoms with Gasteiger partial charge in [-0.25, -0.2) is 0 Å². The molecule has 0 aliphatic carbocycles. The molecule has 0 spiro atoms. The number of carbonyl (C=O) groups is 1. The van der Waals surface area contributed by atoms with E-state index < -0.39 is 0 Å². The normalized spacial score (nSPS) is 7.43. The minimum absolute atomic E-state index is 0.333. The molecule has 0 saturated carbocycles. The summed E-state index contributed by atoms with van der Waals surface area (Å²) >= 11 is 0. The maximum absolute atomic E-state index is 9.22. The van der Waals surface area contributed by atoms with Crippen LogP contribution in [-0.2, 0) is 11.2 Å². The molecule has 0 atom stereocenters. The molecule has 0 fully saturated rings. The van der Waals surface area contributed by atoms with E-state index in [0.29, 0.717) is 0 Å². The number of nitrogens with two attached hydrogens (primary N) is 1. The summed E-state index contributed by atoms with van der Waals surface area (Å²) in [5.74, 6) is -0.333. The van der Waals surface area contributed by atoms with Gasteiger partial charge < -0.3 is 5.73 Å². The fourth-order valence-electron chi connectivity index (χ4n) is 0.714. The Labute approximate surface area is 87.1 Å². The van der Waals surface area contributed by atoms with Crippen molar-refractivity contribution < 1.29 is 4.79 Å². The van der Waals surface area contributed by atoms with E-state index in [-0.39, 0.29) is 5.91 Å². The second-order valence-electron chi connectivity index (χ2n) is 2.45. The van der Waals surface area contributed by atoms with Crippen LogP contribution in [0, 0.1) is 0 Å². The molecular formula is C12H21NO. The molecule has 2 heteroatoms. The second-order valence-corrected chi connectivity index (χ2v) is 2.45. The molecule has 0 radical (unpaired) electrons. The SMILES string of the molecule is CC.CC(N)=O.CCc1ccccc1. The molecular weight excluding hydrogens is 174 g/mol. The molecule has 1 rings (SSSR count). The Kier molecular flexibility index (Phi) is 12.7. The number of amides is 1. The summed E-state index contributed by atoms with van der Waals surface area (Å²) < 4.78 is 0. The van der Waals surface area contributed by atoms with Crippen LogP contribution in [0.3, 0.4) is 0 Å². The van der Waals surface area contributed by atoms with Gasteiger partial charge in [0, 0.05) is 6.92 Å². The van der Waals surface area contributed by atoms with E-state index in [1.807, 2.05) is 19.9 Å². The van der Waals surface area contributed by atoms with Crippen LogP contribution < -0.4 is 5.73 Å². The van der Waals surface area contributed by atoms with Crippen molar-refractivity contribution in [1.29, 1.82) is 0 Å². The quantitative estimate of drug-likeness (QED) is 0.735. The Balaban J connectivity index is 0. The number of hydrogen-bond donors (Lipinski definition) is 1. The summed E-state index contributed by atoms with van der Waals surface area (Å²) in [4.78, 5) is 9.22. The minimum atomic E-state index is -0.333. The lowest BCUT2D eigenvalue weighted by molar-refractivity contribution is -0.115. The Hall–Kier alpha value is -1.31. The average molecular weight is 195 g/mol. The van der Waals surface area contributed by atoms with Gasteiger partial charge in [0.1, 0.15) is 0 Å². The van der Waals surface area contributed by atoms with Crippen LogP contribution in [-0.4, -0.2) is 5.91 Å². The highest BCUT2D eigenvalue weighted by atomic mass is 16.1. The number of rotatable bonds is 1. The van der Waals surface area contributed by atoms with Crippen LogP contribution in [0.15, 0.2) is 30.3 Å². The summed E-state index contributed by atoms with van der Waals surface area (Å²) in [5, 5.41) is 0. The van der Waals surface area contributed by atoms with Crippen LogP contribution in [0.2, 0.25) is 0 Å². The molecule has 1 aromatic carbocycles. The fourth-order valence-corrected chi connectivity index (χ4v) is 0.714. The average Bonchev–Trinajstić information content (AvgIpc) is 2.21. The smallest absolute Gasteiger partial charge is 0.214 e. The van der Waals surface area contributed by atoms with E-state index in [2.05, 4.69) is 36.9 Å². The third-order valence-corrected chi connectivity index (χ3v) is 1.25. The van der Waals surface area contributed by atoms with Crippen LogP contribution in [0.4, 0.5) is 0 Å². The van der Waals surface area contributed by atoms with Crippen LogP contribution in [0.1, 0.15) is 33.3 Å². The molecule has 0 aromatic heterocycles. The lowest BCUT2D eigenvalue weighted by Crippen LogP contribution is -2.01. The van der Waals surface area contributed by atoms with Gasteiger partial charge in [0.25, 0.3) is 0 Å². The molecule has 80 valence electrons. The molecule has 0 unspecified atom stereocenters. The largest absolute Gasteiger partial charge is 0.370 e. The van der Waals surface area contributed by atoms with Crippen molar-refractivity contribution in [1.82, 2.24) is 0 Å². The van der Waals surface area contributed by atoms with Gasteiger partial charge >= 0.3 is 0 Å². The molecule has 0 aliphatic heterocycles. The topological polar surface area (TPSA) is 43.1 Å². The van der Waals surface area contributed by atoms with Crippen molar-refractivity contribution in [3.63, 3.8) is 0 Å². The van der Waals surface area contributed by atoms with Crippen LogP contribution in [0.25, 0.3) is 0 Å². The van der Waals surface area contributed by atoms with Crippen molar-refractivity contribution in [3.05, 3.63) is 35.9 Å². The van der Waals surface area contributed by atoms with Gasteiger partial charge in [0.2, 0.25) is 5.91 Å². The van der Waals surface area contributed by atoms with Gasteiger partial charge in [-0.1, -0.05) is 51.1 Å². The monoisotopic (exact) mass is 195 g/mol. The zero-order valence-electron chi connectivity index (χ0n) is 9.58. The minimum Gasteiger partial charge on any atom is -0.370 e. The molecule has 0 heterocycles. The van der Waals surface area contributed by atoms with Gasteiger partial charge in [-0.3, -0.25) is 4.79 Å². The number of primary amides is 1. The molecule has 0 bridgehead atoms. The third kappa shape index (κ3) is 13.3. The Bertz CT molecular complexity index is 215. The molecule has 14 heavy (non-hydrogen) atoms. The first-order chi connectivity index (χ1) is 6.66. The zero-order chi connectivity index (χ0) is 11.4. The molecule has 0 saturated heterocycles. The summed E-state index contributed by atoms with van der Waals surface area (Å²) in [5.41, 5.74) is 5.88. The second kappa shape index (κ2) is 11.7. The zero-order valence-corrected chi connectivity index (χ0v) is 9.58. The maximum atomic E-state index is 9.22. The maximum Gasteiger partial charge on any atom is 0.214 e. The molecule has 0 aliphatic rings. The van der Waals surface area contributed by atoms with Crippen molar-refractivity contribution in [3.8, 4) is 0 Å². The summed E-state index contributed by atoms with van der Waals surface area (Å²) in [6, 6.07) is 10.5. The van der Waals surface area contributed by atoms with Gasteiger partial charge in [0.15, 0.2) is 0 Å². The third-order valence-electron chi connectivity index (χ3n) is 1.25. The van der Waals surface area contributed by atoms with Crippen LogP contribution >= 0.6 is 0 Å². The van der Waals surface area contributed by atoms with Crippen molar-refractivity contribution >= 4 is 5.91 Å². The number of benzene rings is 1. The Morgan fingerprint density at radius 2 is 1.57 bits per heavy atom. The molecule has 2 nitrogen and oxygen atoms in total. The van der Waals surface area contributed by atoms with E-state index >= 15 is 0 Å². The lowest BCUT2D eigenvalue weighted by Gasteiger charge is -1.89. The van der Waals surface area contributed by atoms with E-state index in [9.17, 15) is 4.79 Å². The first-order valence-electron chi connectivity index (χ1n) is 4.96. The van der Waals surface area contributed by atoms with Gasteiger partial charge in [-0.05, 0) is 12.0 Å². The number of carbonyl (C=O) groups excluding carboxylic acids is 1. The van der Waals surface area contributed by atoms with E-state index in [4.69, 9.17) is 0 Å². The first-order valence-corrected chi connectivity index (χ1v) is 4.96. The summed E-state index contributed by atoms with van der Waals surface area (Å²) in [6.45, 7) is 7.47.